The molecule has 0 unspecified atom stereocenters. The molecule has 8 heteroatoms. The maximum atomic E-state index is 5.96. The third-order valence-corrected chi connectivity index (χ3v) is 4.53. The van der Waals surface area contributed by atoms with Crippen molar-refractivity contribution >= 4 is 45.1 Å². The number of rotatable bonds is 3. The van der Waals surface area contributed by atoms with E-state index in [1.54, 1.807) is 12.4 Å². The molecule has 6 nitrogen and oxygen atoms in total. The molecule has 23 heavy (non-hydrogen) atoms. The van der Waals surface area contributed by atoms with Gasteiger partial charge in [0.1, 0.15) is 11.6 Å². The Hall–Kier alpha value is -1.60. The van der Waals surface area contributed by atoms with Gasteiger partial charge in [-0.25, -0.2) is 9.97 Å². The van der Waals surface area contributed by atoms with Crippen LogP contribution < -0.4 is 14.7 Å². The molecule has 122 valence electrons. The fraction of sp³-hybridized carbons (Fsp3) is 0.400. The molecule has 0 spiro atoms. The Kier molecular flexibility index (Phi) is 4.87. The Balaban J connectivity index is 1.70. The monoisotopic (exact) mass is 396 g/mol. The minimum absolute atomic E-state index is 0.633. The molecule has 0 radical (unpaired) electrons. The van der Waals surface area contributed by atoms with Crippen LogP contribution in [0, 0.1) is 0 Å². The first-order valence-electron chi connectivity index (χ1n) is 7.36. The SMILES string of the molecule is CN(C)c1ccnc(N2CCN(c3ncc(Cl)cc3Br)CC2)n1. The van der Waals surface area contributed by atoms with E-state index >= 15 is 0 Å². The lowest BCUT2D eigenvalue weighted by Crippen LogP contribution is -2.47. The molecule has 0 N–H and O–H groups in total. The summed E-state index contributed by atoms with van der Waals surface area (Å²) < 4.78 is 0.921. The second-order valence-electron chi connectivity index (χ2n) is 5.54. The summed E-state index contributed by atoms with van der Waals surface area (Å²) in [7, 11) is 3.96. The van der Waals surface area contributed by atoms with Crippen LogP contribution in [-0.2, 0) is 0 Å². The lowest BCUT2D eigenvalue weighted by Gasteiger charge is -2.36. The van der Waals surface area contributed by atoms with Crippen molar-refractivity contribution in [3.63, 3.8) is 0 Å². The van der Waals surface area contributed by atoms with Crippen LogP contribution in [0.3, 0.4) is 0 Å². The van der Waals surface area contributed by atoms with Crippen LogP contribution in [-0.4, -0.2) is 55.2 Å². The highest BCUT2D eigenvalue weighted by atomic mass is 79.9. The number of halogens is 2. The highest BCUT2D eigenvalue weighted by molar-refractivity contribution is 9.10. The summed E-state index contributed by atoms with van der Waals surface area (Å²) >= 11 is 9.50. The Bertz CT molecular complexity index is 687. The minimum atomic E-state index is 0.633. The van der Waals surface area contributed by atoms with Crippen LogP contribution in [0.4, 0.5) is 17.6 Å². The Morgan fingerprint density at radius 3 is 2.48 bits per heavy atom. The molecule has 0 atom stereocenters. The van der Waals surface area contributed by atoms with Gasteiger partial charge in [0, 0.05) is 52.7 Å². The lowest BCUT2D eigenvalue weighted by molar-refractivity contribution is 0.633. The van der Waals surface area contributed by atoms with Crippen LogP contribution in [0.1, 0.15) is 0 Å². The van der Waals surface area contributed by atoms with Gasteiger partial charge >= 0.3 is 0 Å². The average Bonchev–Trinajstić information content (AvgIpc) is 2.55. The van der Waals surface area contributed by atoms with Gasteiger partial charge < -0.3 is 14.7 Å². The first kappa shape index (κ1) is 16.3. The standard InChI is InChI=1S/C15H18BrClN6/c1-21(2)13-3-4-18-15(20-13)23-7-5-22(6-8-23)14-12(16)9-11(17)10-19-14/h3-4,9-10H,5-8H2,1-2H3. The molecule has 1 aliphatic rings. The van der Waals surface area contributed by atoms with Crippen LogP contribution in [0.25, 0.3) is 0 Å². The second kappa shape index (κ2) is 6.88. The van der Waals surface area contributed by atoms with Gasteiger partial charge in [0.05, 0.1) is 9.50 Å². The number of piperazine rings is 1. The molecular weight excluding hydrogens is 380 g/mol. The van der Waals surface area contributed by atoms with Gasteiger partial charge in [-0.15, -0.1) is 0 Å². The van der Waals surface area contributed by atoms with E-state index in [0.29, 0.717) is 5.02 Å². The first-order valence-corrected chi connectivity index (χ1v) is 8.53. The van der Waals surface area contributed by atoms with Crippen molar-refractivity contribution in [2.24, 2.45) is 0 Å². The predicted octanol–water partition coefficient (Wildman–Crippen LogP) is 2.68. The zero-order valence-electron chi connectivity index (χ0n) is 13.1. The van der Waals surface area contributed by atoms with Gasteiger partial charge in [0.25, 0.3) is 0 Å². The molecule has 0 aliphatic carbocycles. The van der Waals surface area contributed by atoms with Crippen molar-refractivity contribution < 1.29 is 0 Å². The van der Waals surface area contributed by atoms with Crippen LogP contribution in [0.5, 0.6) is 0 Å². The molecule has 2 aromatic heterocycles. The van der Waals surface area contributed by atoms with Crippen molar-refractivity contribution in [2.75, 3.05) is 55.0 Å². The van der Waals surface area contributed by atoms with Crippen LogP contribution in [0.15, 0.2) is 29.0 Å². The number of nitrogens with zero attached hydrogens (tertiary/aromatic N) is 6. The topological polar surface area (TPSA) is 48.4 Å². The first-order chi connectivity index (χ1) is 11.0. The van der Waals surface area contributed by atoms with E-state index in [0.717, 1.165) is 48.2 Å². The van der Waals surface area contributed by atoms with Gasteiger partial charge in [-0.1, -0.05) is 11.6 Å². The highest BCUT2D eigenvalue weighted by Crippen LogP contribution is 2.27. The van der Waals surface area contributed by atoms with Crippen molar-refractivity contribution in [1.82, 2.24) is 15.0 Å². The molecule has 1 aliphatic heterocycles. The van der Waals surface area contributed by atoms with Gasteiger partial charge in [-0.05, 0) is 28.1 Å². The molecule has 1 fully saturated rings. The van der Waals surface area contributed by atoms with Crippen molar-refractivity contribution in [1.29, 1.82) is 0 Å². The number of hydrogen-bond donors (Lipinski definition) is 0. The molecule has 0 aromatic carbocycles. The average molecular weight is 398 g/mol. The fourth-order valence-corrected chi connectivity index (χ4v) is 3.39. The lowest BCUT2D eigenvalue weighted by atomic mass is 10.3. The zero-order chi connectivity index (χ0) is 16.4. The summed E-state index contributed by atoms with van der Waals surface area (Å²) in [5, 5.41) is 0.633. The Labute approximate surface area is 149 Å². The molecule has 1 saturated heterocycles. The molecular formula is C15H18BrClN6. The summed E-state index contributed by atoms with van der Waals surface area (Å²) in [5.74, 6) is 2.62. The van der Waals surface area contributed by atoms with Gasteiger partial charge in [0.15, 0.2) is 0 Å². The van der Waals surface area contributed by atoms with Crippen molar-refractivity contribution in [3.05, 3.63) is 34.0 Å². The summed E-state index contributed by atoms with van der Waals surface area (Å²) in [5.41, 5.74) is 0. The van der Waals surface area contributed by atoms with Gasteiger partial charge in [-0.3, -0.25) is 0 Å². The van der Waals surface area contributed by atoms with Crippen molar-refractivity contribution in [2.45, 2.75) is 0 Å². The molecule has 0 amide bonds. The highest BCUT2D eigenvalue weighted by Gasteiger charge is 2.21. The summed E-state index contributed by atoms with van der Waals surface area (Å²) in [6.45, 7) is 3.44. The third kappa shape index (κ3) is 3.67. The van der Waals surface area contributed by atoms with Crippen LogP contribution >= 0.6 is 27.5 Å². The quantitative estimate of drug-likeness (QED) is 0.793. The van der Waals surface area contributed by atoms with Gasteiger partial charge in [0.2, 0.25) is 5.95 Å². The van der Waals surface area contributed by atoms with E-state index < -0.39 is 0 Å². The van der Waals surface area contributed by atoms with E-state index in [4.69, 9.17) is 11.6 Å². The molecule has 0 bridgehead atoms. The summed E-state index contributed by atoms with van der Waals surface area (Å²) in [4.78, 5) is 19.9. The van der Waals surface area contributed by atoms with Gasteiger partial charge in [-0.2, -0.15) is 4.98 Å². The van der Waals surface area contributed by atoms with E-state index in [9.17, 15) is 0 Å². The Morgan fingerprint density at radius 1 is 1.13 bits per heavy atom. The maximum absolute atomic E-state index is 5.96. The third-order valence-electron chi connectivity index (χ3n) is 3.74. The smallest absolute Gasteiger partial charge is 0.227 e. The Morgan fingerprint density at radius 2 is 1.83 bits per heavy atom. The normalized spacial score (nSPS) is 15.0. The van der Waals surface area contributed by atoms with E-state index in [2.05, 4.69) is 40.7 Å². The molecule has 0 saturated carbocycles. The van der Waals surface area contributed by atoms with E-state index in [1.165, 1.54) is 0 Å². The molecule has 2 aromatic rings. The second-order valence-corrected chi connectivity index (χ2v) is 6.83. The number of pyridine rings is 1. The number of anilines is 3. The zero-order valence-corrected chi connectivity index (χ0v) is 15.4. The maximum Gasteiger partial charge on any atom is 0.227 e. The summed E-state index contributed by atoms with van der Waals surface area (Å²) in [6.07, 6.45) is 3.49. The molecule has 3 heterocycles. The largest absolute Gasteiger partial charge is 0.363 e. The fourth-order valence-electron chi connectivity index (χ4n) is 2.50. The minimum Gasteiger partial charge on any atom is -0.363 e. The van der Waals surface area contributed by atoms with Crippen molar-refractivity contribution in [3.8, 4) is 0 Å². The van der Waals surface area contributed by atoms with E-state index in [-0.39, 0.29) is 0 Å². The predicted molar refractivity (Wildman–Crippen MR) is 97.7 cm³/mol. The summed E-state index contributed by atoms with van der Waals surface area (Å²) in [6, 6.07) is 3.79. The van der Waals surface area contributed by atoms with E-state index in [1.807, 2.05) is 31.1 Å². The number of aromatic nitrogens is 3. The molecule has 3 rings (SSSR count). The number of hydrogen-bond acceptors (Lipinski definition) is 6. The van der Waals surface area contributed by atoms with Crippen LogP contribution in [0.2, 0.25) is 5.02 Å².